The Labute approximate surface area is 123 Å². The monoisotopic (exact) mass is 292 g/mol. The fourth-order valence-corrected chi connectivity index (χ4v) is 2.21. The molecule has 0 spiro atoms. The summed E-state index contributed by atoms with van der Waals surface area (Å²) in [6.07, 6.45) is 3.36. The van der Waals surface area contributed by atoms with Crippen LogP contribution in [0.3, 0.4) is 0 Å². The first-order chi connectivity index (χ1) is 9.60. The average Bonchev–Trinajstić information content (AvgIpc) is 2.90. The fourth-order valence-electron chi connectivity index (χ4n) is 1.99. The number of amides is 1. The van der Waals surface area contributed by atoms with Gasteiger partial charge < -0.3 is 9.32 Å². The van der Waals surface area contributed by atoms with Crippen LogP contribution in [0.25, 0.3) is 0 Å². The standard InChI is InChI=1S/C15H17ClN2O2/c1-3-5-12-8-11(9-14(16)17-12)15(19)18(2)10-13-6-4-7-20-13/h4,6-9H,3,5,10H2,1-2H3. The van der Waals surface area contributed by atoms with E-state index in [0.717, 1.165) is 24.3 Å². The predicted octanol–water partition coefficient (Wildman–Crippen LogP) is 3.55. The average molecular weight is 293 g/mol. The van der Waals surface area contributed by atoms with Gasteiger partial charge in [0.05, 0.1) is 12.8 Å². The first-order valence-corrected chi connectivity index (χ1v) is 6.92. The molecule has 0 N–H and O–H groups in total. The molecule has 0 fully saturated rings. The number of aryl methyl sites for hydroxylation is 1. The van der Waals surface area contributed by atoms with Gasteiger partial charge in [-0.15, -0.1) is 0 Å². The molecule has 0 aliphatic carbocycles. The fraction of sp³-hybridized carbons (Fsp3) is 0.333. The Morgan fingerprint density at radius 2 is 2.25 bits per heavy atom. The van der Waals surface area contributed by atoms with Crippen molar-refractivity contribution in [3.8, 4) is 0 Å². The number of halogens is 1. The largest absolute Gasteiger partial charge is 0.467 e. The van der Waals surface area contributed by atoms with Crippen molar-refractivity contribution in [2.75, 3.05) is 7.05 Å². The Hall–Kier alpha value is -1.81. The maximum Gasteiger partial charge on any atom is 0.254 e. The highest BCUT2D eigenvalue weighted by Gasteiger charge is 2.15. The molecule has 106 valence electrons. The summed E-state index contributed by atoms with van der Waals surface area (Å²) in [5.74, 6) is 0.651. The van der Waals surface area contributed by atoms with Crippen molar-refractivity contribution in [1.29, 1.82) is 0 Å². The molecule has 0 aliphatic heterocycles. The number of carbonyl (C=O) groups is 1. The Balaban J connectivity index is 2.15. The van der Waals surface area contributed by atoms with E-state index in [0.29, 0.717) is 17.3 Å². The third-order valence-corrected chi connectivity index (χ3v) is 3.11. The highest BCUT2D eigenvalue weighted by molar-refractivity contribution is 6.29. The Bertz CT molecular complexity index is 582. The first-order valence-electron chi connectivity index (χ1n) is 6.54. The summed E-state index contributed by atoms with van der Waals surface area (Å²) in [5, 5.41) is 0.352. The molecule has 0 aliphatic rings. The van der Waals surface area contributed by atoms with Crippen LogP contribution in [0.2, 0.25) is 5.15 Å². The van der Waals surface area contributed by atoms with Crippen molar-refractivity contribution >= 4 is 17.5 Å². The number of furan rings is 1. The van der Waals surface area contributed by atoms with Gasteiger partial charge in [0.25, 0.3) is 5.91 Å². The zero-order valence-corrected chi connectivity index (χ0v) is 12.4. The lowest BCUT2D eigenvalue weighted by molar-refractivity contribution is 0.0775. The number of hydrogen-bond acceptors (Lipinski definition) is 3. The Morgan fingerprint density at radius 3 is 2.90 bits per heavy atom. The van der Waals surface area contributed by atoms with Gasteiger partial charge in [0.2, 0.25) is 0 Å². The highest BCUT2D eigenvalue weighted by Crippen LogP contribution is 2.15. The van der Waals surface area contributed by atoms with E-state index < -0.39 is 0 Å². The van der Waals surface area contributed by atoms with Gasteiger partial charge in [-0.2, -0.15) is 0 Å². The minimum Gasteiger partial charge on any atom is -0.467 e. The molecule has 2 rings (SSSR count). The summed E-state index contributed by atoms with van der Waals surface area (Å²) < 4.78 is 5.24. The van der Waals surface area contributed by atoms with Crippen LogP contribution in [0, 0.1) is 0 Å². The molecule has 2 aromatic heterocycles. The van der Waals surface area contributed by atoms with E-state index in [1.54, 1.807) is 36.4 Å². The molecule has 4 nitrogen and oxygen atoms in total. The van der Waals surface area contributed by atoms with Crippen molar-refractivity contribution in [3.63, 3.8) is 0 Å². The SMILES string of the molecule is CCCc1cc(C(=O)N(C)Cc2ccco2)cc(Cl)n1. The Kier molecular flexibility index (Phi) is 4.79. The molecule has 0 radical (unpaired) electrons. The zero-order valence-electron chi connectivity index (χ0n) is 11.6. The number of pyridine rings is 1. The van der Waals surface area contributed by atoms with Crippen LogP contribution in [0.5, 0.6) is 0 Å². The minimum absolute atomic E-state index is 0.0944. The van der Waals surface area contributed by atoms with Gasteiger partial charge in [-0.25, -0.2) is 4.98 Å². The lowest BCUT2D eigenvalue weighted by atomic mass is 10.1. The lowest BCUT2D eigenvalue weighted by Gasteiger charge is -2.16. The number of carbonyl (C=O) groups excluding carboxylic acids is 1. The summed E-state index contributed by atoms with van der Waals surface area (Å²) in [4.78, 5) is 18.2. The Morgan fingerprint density at radius 1 is 1.45 bits per heavy atom. The molecule has 0 aromatic carbocycles. The topological polar surface area (TPSA) is 46.3 Å². The molecule has 5 heteroatoms. The highest BCUT2D eigenvalue weighted by atomic mass is 35.5. The van der Waals surface area contributed by atoms with Gasteiger partial charge in [-0.05, 0) is 30.7 Å². The van der Waals surface area contributed by atoms with Gasteiger partial charge in [-0.1, -0.05) is 24.9 Å². The quantitative estimate of drug-likeness (QED) is 0.792. The second-order valence-electron chi connectivity index (χ2n) is 4.66. The third kappa shape index (κ3) is 3.61. The number of nitrogens with zero attached hydrogens (tertiary/aromatic N) is 2. The smallest absolute Gasteiger partial charge is 0.254 e. The minimum atomic E-state index is -0.0944. The molecule has 20 heavy (non-hydrogen) atoms. The maximum absolute atomic E-state index is 12.4. The van der Waals surface area contributed by atoms with Crippen LogP contribution in [0.15, 0.2) is 34.9 Å². The zero-order chi connectivity index (χ0) is 14.5. The lowest BCUT2D eigenvalue weighted by Crippen LogP contribution is -2.26. The van der Waals surface area contributed by atoms with Gasteiger partial charge in [-0.3, -0.25) is 4.79 Å². The molecule has 0 atom stereocenters. The van der Waals surface area contributed by atoms with Crippen molar-refractivity contribution in [3.05, 3.63) is 52.7 Å². The number of rotatable bonds is 5. The van der Waals surface area contributed by atoms with Crippen molar-refractivity contribution < 1.29 is 9.21 Å². The normalized spacial score (nSPS) is 10.6. The third-order valence-electron chi connectivity index (χ3n) is 2.92. The molecular formula is C15H17ClN2O2. The van der Waals surface area contributed by atoms with Gasteiger partial charge in [0, 0.05) is 18.3 Å². The number of hydrogen-bond donors (Lipinski definition) is 0. The molecule has 2 heterocycles. The maximum atomic E-state index is 12.4. The predicted molar refractivity (Wildman–Crippen MR) is 77.7 cm³/mol. The van der Waals surface area contributed by atoms with Crippen molar-refractivity contribution in [2.24, 2.45) is 0 Å². The summed E-state index contributed by atoms with van der Waals surface area (Å²) >= 11 is 5.98. The van der Waals surface area contributed by atoms with Crippen LogP contribution in [-0.2, 0) is 13.0 Å². The second kappa shape index (κ2) is 6.57. The molecule has 0 bridgehead atoms. The van der Waals surface area contributed by atoms with E-state index in [-0.39, 0.29) is 5.91 Å². The summed E-state index contributed by atoms with van der Waals surface area (Å²) in [6.45, 7) is 2.49. The summed E-state index contributed by atoms with van der Waals surface area (Å²) in [6, 6.07) is 7.04. The molecular weight excluding hydrogens is 276 g/mol. The van der Waals surface area contributed by atoms with E-state index in [9.17, 15) is 4.79 Å². The van der Waals surface area contributed by atoms with Gasteiger partial charge in [0.1, 0.15) is 10.9 Å². The van der Waals surface area contributed by atoms with Crippen LogP contribution in [0.4, 0.5) is 0 Å². The van der Waals surface area contributed by atoms with E-state index in [2.05, 4.69) is 11.9 Å². The molecule has 2 aromatic rings. The van der Waals surface area contributed by atoms with E-state index >= 15 is 0 Å². The molecule has 0 saturated heterocycles. The van der Waals surface area contributed by atoms with Crippen LogP contribution < -0.4 is 0 Å². The van der Waals surface area contributed by atoms with Crippen LogP contribution >= 0.6 is 11.6 Å². The van der Waals surface area contributed by atoms with Crippen LogP contribution in [-0.4, -0.2) is 22.8 Å². The van der Waals surface area contributed by atoms with Crippen LogP contribution in [0.1, 0.15) is 35.2 Å². The van der Waals surface area contributed by atoms with E-state index in [1.165, 1.54) is 0 Å². The molecule has 0 unspecified atom stereocenters. The second-order valence-corrected chi connectivity index (χ2v) is 5.05. The van der Waals surface area contributed by atoms with Crippen molar-refractivity contribution in [1.82, 2.24) is 9.88 Å². The van der Waals surface area contributed by atoms with E-state index in [1.807, 2.05) is 6.07 Å². The number of aromatic nitrogens is 1. The molecule has 0 saturated carbocycles. The summed E-state index contributed by atoms with van der Waals surface area (Å²) in [7, 11) is 1.73. The van der Waals surface area contributed by atoms with E-state index in [4.69, 9.17) is 16.0 Å². The first kappa shape index (κ1) is 14.6. The van der Waals surface area contributed by atoms with Crippen molar-refractivity contribution in [2.45, 2.75) is 26.3 Å². The van der Waals surface area contributed by atoms with Gasteiger partial charge in [0.15, 0.2) is 0 Å². The summed E-state index contributed by atoms with van der Waals surface area (Å²) in [5.41, 5.74) is 1.40. The van der Waals surface area contributed by atoms with Gasteiger partial charge >= 0.3 is 0 Å². The molecule has 1 amide bonds.